The Bertz CT molecular complexity index is 464. The molecule has 0 atom stereocenters. The molecule has 0 heterocycles. The summed E-state index contributed by atoms with van der Waals surface area (Å²) in [6, 6.07) is 8.38. The van der Waals surface area contributed by atoms with Crippen LogP contribution in [0.4, 0.5) is 0 Å². The van der Waals surface area contributed by atoms with E-state index >= 15 is 0 Å². The van der Waals surface area contributed by atoms with E-state index in [0.717, 1.165) is 37.0 Å². The molecule has 1 aromatic carbocycles. The van der Waals surface area contributed by atoms with Gasteiger partial charge in [0.05, 0.1) is 7.11 Å². The van der Waals surface area contributed by atoms with Crippen molar-refractivity contribution in [2.45, 2.75) is 72.4 Å². The van der Waals surface area contributed by atoms with Crippen molar-refractivity contribution in [2.24, 2.45) is 5.92 Å². The van der Waals surface area contributed by atoms with Crippen molar-refractivity contribution in [3.8, 4) is 5.75 Å². The molecule has 0 fully saturated rings. The fraction of sp³-hybridized carbons (Fsp3) is 0.650. The molecule has 1 aromatic rings. The van der Waals surface area contributed by atoms with Crippen LogP contribution in [-0.2, 0) is 11.3 Å². The Balaban J connectivity index is 2.98. The first-order chi connectivity index (χ1) is 11.0. The van der Waals surface area contributed by atoms with Crippen LogP contribution in [0.3, 0.4) is 0 Å². The topological polar surface area (TPSA) is 29.5 Å². The molecule has 130 valence electrons. The van der Waals surface area contributed by atoms with Gasteiger partial charge in [-0.25, -0.2) is 0 Å². The summed E-state index contributed by atoms with van der Waals surface area (Å²) < 4.78 is 5.31. The summed E-state index contributed by atoms with van der Waals surface area (Å²) >= 11 is 0. The number of nitrogens with zero attached hydrogens (tertiary/aromatic N) is 1. The second-order valence-corrected chi connectivity index (χ2v) is 6.70. The highest BCUT2D eigenvalue weighted by Gasteiger charge is 2.23. The van der Waals surface area contributed by atoms with E-state index in [1.807, 2.05) is 18.2 Å². The highest BCUT2D eigenvalue weighted by atomic mass is 16.5. The molecule has 0 saturated heterocycles. The number of carbonyl (C=O) groups excluding carboxylic acids is 1. The third-order valence-corrected chi connectivity index (χ3v) is 4.07. The maximum atomic E-state index is 12.8. The molecule has 3 heteroatoms. The molecule has 0 saturated carbocycles. The second-order valence-electron chi connectivity index (χ2n) is 6.70. The maximum absolute atomic E-state index is 12.8. The zero-order valence-electron chi connectivity index (χ0n) is 15.5. The number of ether oxygens (including phenoxy) is 1. The molecule has 0 aliphatic heterocycles. The van der Waals surface area contributed by atoms with E-state index < -0.39 is 0 Å². The number of amides is 1. The van der Waals surface area contributed by atoms with Crippen LogP contribution in [0.5, 0.6) is 5.75 Å². The number of hydrogen-bond acceptors (Lipinski definition) is 2. The van der Waals surface area contributed by atoms with Crippen LogP contribution >= 0.6 is 0 Å². The Morgan fingerprint density at radius 2 is 1.83 bits per heavy atom. The predicted octanol–water partition coefficient (Wildman–Crippen LogP) is 5.04. The van der Waals surface area contributed by atoms with Crippen molar-refractivity contribution in [1.82, 2.24) is 4.90 Å². The number of carbonyl (C=O) groups is 1. The average molecular weight is 319 g/mol. The van der Waals surface area contributed by atoms with Gasteiger partial charge in [-0.15, -0.1) is 0 Å². The quantitative estimate of drug-likeness (QED) is 0.604. The molecule has 3 nitrogen and oxygen atoms in total. The van der Waals surface area contributed by atoms with E-state index in [0.29, 0.717) is 24.9 Å². The molecule has 0 radical (unpaired) electrons. The van der Waals surface area contributed by atoms with Gasteiger partial charge in [0.1, 0.15) is 5.75 Å². The summed E-state index contributed by atoms with van der Waals surface area (Å²) in [6.45, 7) is 9.28. The lowest BCUT2D eigenvalue weighted by atomic mass is 10.0. The predicted molar refractivity (Wildman–Crippen MR) is 96.6 cm³/mol. The number of benzene rings is 1. The average Bonchev–Trinajstić information content (AvgIpc) is 2.52. The summed E-state index contributed by atoms with van der Waals surface area (Å²) in [5, 5.41) is 0. The van der Waals surface area contributed by atoms with E-state index in [2.05, 4.69) is 38.7 Å². The zero-order chi connectivity index (χ0) is 17.2. The van der Waals surface area contributed by atoms with Crippen molar-refractivity contribution in [2.75, 3.05) is 7.11 Å². The SMILES string of the molecule is CCCC(CCC)N(Cc1cccc(OC)c1)C(=O)CC(C)C. The second kappa shape index (κ2) is 10.3. The minimum Gasteiger partial charge on any atom is -0.497 e. The first kappa shape index (κ1) is 19.5. The lowest BCUT2D eigenvalue weighted by molar-refractivity contribution is -0.135. The van der Waals surface area contributed by atoms with Crippen LogP contribution in [0.15, 0.2) is 24.3 Å². The number of methoxy groups -OCH3 is 1. The fourth-order valence-electron chi connectivity index (χ4n) is 2.98. The lowest BCUT2D eigenvalue weighted by Crippen LogP contribution is -2.40. The number of rotatable bonds is 10. The van der Waals surface area contributed by atoms with Crippen LogP contribution in [0, 0.1) is 5.92 Å². The Kier molecular flexibility index (Phi) is 8.75. The Morgan fingerprint density at radius 1 is 1.17 bits per heavy atom. The molecule has 0 aliphatic rings. The monoisotopic (exact) mass is 319 g/mol. The summed E-state index contributed by atoms with van der Waals surface area (Å²) in [4.78, 5) is 14.9. The van der Waals surface area contributed by atoms with Gasteiger partial charge in [0.25, 0.3) is 0 Å². The molecular formula is C20H33NO2. The van der Waals surface area contributed by atoms with Gasteiger partial charge in [0, 0.05) is 19.0 Å². The van der Waals surface area contributed by atoms with Crippen molar-refractivity contribution < 1.29 is 9.53 Å². The molecule has 0 spiro atoms. The van der Waals surface area contributed by atoms with E-state index in [-0.39, 0.29) is 5.91 Å². The minimum absolute atomic E-state index is 0.273. The largest absolute Gasteiger partial charge is 0.497 e. The molecule has 0 aromatic heterocycles. The summed E-state index contributed by atoms with van der Waals surface area (Å²) in [6.07, 6.45) is 4.97. The summed E-state index contributed by atoms with van der Waals surface area (Å²) in [5.74, 6) is 1.51. The fourth-order valence-corrected chi connectivity index (χ4v) is 2.98. The Labute approximate surface area is 142 Å². The third kappa shape index (κ3) is 6.64. The van der Waals surface area contributed by atoms with E-state index in [1.54, 1.807) is 7.11 Å². The summed E-state index contributed by atoms with van der Waals surface area (Å²) in [7, 11) is 1.68. The summed E-state index contributed by atoms with van der Waals surface area (Å²) in [5.41, 5.74) is 1.14. The van der Waals surface area contributed by atoms with Crippen LogP contribution in [0.25, 0.3) is 0 Å². The lowest BCUT2D eigenvalue weighted by Gasteiger charge is -2.32. The van der Waals surface area contributed by atoms with Crippen LogP contribution in [-0.4, -0.2) is 24.0 Å². The number of hydrogen-bond donors (Lipinski definition) is 0. The van der Waals surface area contributed by atoms with Crippen LogP contribution < -0.4 is 4.74 Å². The highest BCUT2D eigenvalue weighted by Crippen LogP contribution is 2.21. The van der Waals surface area contributed by atoms with Gasteiger partial charge < -0.3 is 9.64 Å². The molecule has 1 rings (SSSR count). The zero-order valence-corrected chi connectivity index (χ0v) is 15.5. The normalized spacial score (nSPS) is 11.1. The van der Waals surface area contributed by atoms with Gasteiger partial charge in [-0.1, -0.05) is 52.7 Å². The Hall–Kier alpha value is -1.51. The third-order valence-electron chi connectivity index (χ3n) is 4.07. The molecule has 0 aliphatic carbocycles. The maximum Gasteiger partial charge on any atom is 0.223 e. The molecule has 23 heavy (non-hydrogen) atoms. The highest BCUT2D eigenvalue weighted by molar-refractivity contribution is 5.76. The molecule has 0 unspecified atom stereocenters. The molecule has 0 bridgehead atoms. The van der Waals surface area contributed by atoms with E-state index in [4.69, 9.17) is 4.74 Å². The Morgan fingerprint density at radius 3 is 2.35 bits per heavy atom. The molecular weight excluding hydrogens is 286 g/mol. The van der Waals surface area contributed by atoms with Crippen molar-refractivity contribution in [1.29, 1.82) is 0 Å². The smallest absolute Gasteiger partial charge is 0.223 e. The van der Waals surface area contributed by atoms with E-state index in [1.165, 1.54) is 0 Å². The minimum atomic E-state index is 0.273. The van der Waals surface area contributed by atoms with Gasteiger partial charge in [-0.3, -0.25) is 4.79 Å². The van der Waals surface area contributed by atoms with Gasteiger partial charge >= 0.3 is 0 Å². The van der Waals surface area contributed by atoms with Gasteiger partial charge in [0.15, 0.2) is 0 Å². The molecule has 1 amide bonds. The van der Waals surface area contributed by atoms with Gasteiger partial charge in [-0.05, 0) is 36.5 Å². The van der Waals surface area contributed by atoms with Gasteiger partial charge in [-0.2, -0.15) is 0 Å². The molecule has 0 N–H and O–H groups in total. The van der Waals surface area contributed by atoms with Crippen molar-refractivity contribution in [3.63, 3.8) is 0 Å². The van der Waals surface area contributed by atoms with Crippen LogP contribution in [0.1, 0.15) is 65.4 Å². The first-order valence-corrected chi connectivity index (χ1v) is 8.94. The van der Waals surface area contributed by atoms with Crippen molar-refractivity contribution in [3.05, 3.63) is 29.8 Å². The van der Waals surface area contributed by atoms with Gasteiger partial charge in [0.2, 0.25) is 5.91 Å². The standard InChI is InChI=1S/C20H33NO2/c1-6-9-18(10-7-2)21(20(22)13-16(3)4)15-17-11-8-12-19(14-17)23-5/h8,11-12,14,16,18H,6-7,9-10,13,15H2,1-5H3. The first-order valence-electron chi connectivity index (χ1n) is 8.94. The van der Waals surface area contributed by atoms with E-state index in [9.17, 15) is 4.79 Å². The van der Waals surface area contributed by atoms with Crippen molar-refractivity contribution >= 4 is 5.91 Å². The van der Waals surface area contributed by atoms with Crippen LogP contribution in [0.2, 0.25) is 0 Å².